The van der Waals surface area contributed by atoms with Gasteiger partial charge >= 0.3 is 0 Å². The van der Waals surface area contributed by atoms with Crippen LogP contribution in [-0.2, 0) is 16.6 Å². The number of aromatic nitrogens is 7. The highest BCUT2D eigenvalue weighted by Gasteiger charge is 2.29. The van der Waals surface area contributed by atoms with Gasteiger partial charge in [0.1, 0.15) is 18.0 Å². The molecule has 1 amide bonds. The fraction of sp³-hybridized carbons (Fsp3) is 0.432. The van der Waals surface area contributed by atoms with Crippen LogP contribution in [0.25, 0.3) is 27.5 Å². The summed E-state index contributed by atoms with van der Waals surface area (Å²) in [6, 6.07) is 14.7. The van der Waals surface area contributed by atoms with Crippen LogP contribution in [0.3, 0.4) is 0 Å². The minimum atomic E-state index is -0.202. The van der Waals surface area contributed by atoms with Crippen molar-refractivity contribution in [1.82, 2.24) is 44.4 Å². The van der Waals surface area contributed by atoms with Crippen molar-refractivity contribution in [3.05, 3.63) is 78.3 Å². The molecule has 8 heterocycles. The molecule has 4 fully saturated rings. The van der Waals surface area contributed by atoms with E-state index in [1.165, 1.54) is 12.1 Å². The van der Waals surface area contributed by atoms with E-state index in [2.05, 4.69) is 76.7 Å². The number of pyridine rings is 1. The lowest BCUT2D eigenvalue weighted by Gasteiger charge is -2.38. The van der Waals surface area contributed by atoms with Gasteiger partial charge in [-0.05, 0) is 93.3 Å². The van der Waals surface area contributed by atoms with Gasteiger partial charge in [-0.25, -0.2) is 9.59 Å². The second-order valence-corrected chi connectivity index (χ2v) is 16.7. The molecule has 308 valence electrons. The third-order valence-corrected chi connectivity index (χ3v) is 13.0. The van der Waals surface area contributed by atoms with E-state index < -0.39 is 0 Å². The number of rotatable bonds is 8. The number of carbonyl (C=O) groups is 1. The smallest absolute Gasteiger partial charge is 0.259 e. The maximum atomic E-state index is 13.7. The largest absolute Gasteiger partial charge is 0.371 e. The molecule has 4 aromatic heterocycles. The number of nitrogens with zero attached hydrogens (tertiary/aromatic N) is 11. The molecule has 60 heavy (non-hydrogen) atoms. The predicted molar refractivity (Wildman–Crippen MR) is 231 cm³/mol. The van der Waals surface area contributed by atoms with Crippen LogP contribution < -0.4 is 25.3 Å². The van der Waals surface area contributed by atoms with Crippen LogP contribution in [0.15, 0.2) is 72.7 Å². The molecular formula is C44H49N13O3. The molecule has 4 aliphatic heterocycles. The summed E-state index contributed by atoms with van der Waals surface area (Å²) in [6.07, 6.45) is 13.9. The van der Waals surface area contributed by atoms with Crippen molar-refractivity contribution in [2.24, 2.45) is 13.0 Å². The Labute approximate surface area is 347 Å². The summed E-state index contributed by atoms with van der Waals surface area (Å²) in [7, 11) is 1.92. The summed E-state index contributed by atoms with van der Waals surface area (Å²) in [5.74, 6) is 5.10. The van der Waals surface area contributed by atoms with Crippen LogP contribution in [0.4, 0.5) is 22.9 Å². The van der Waals surface area contributed by atoms with Gasteiger partial charge in [0.05, 0.1) is 34.0 Å². The van der Waals surface area contributed by atoms with Gasteiger partial charge in [-0.3, -0.25) is 18.6 Å². The van der Waals surface area contributed by atoms with Crippen LogP contribution >= 0.6 is 0 Å². The van der Waals surface area contributed by atoms with Gasteiger partial charge in [0.2, 0.25) is 0 Å². The molecule has 16 nitrogen and oxygen atoms in total. The zero-order chi connectivity index (χ0) is 40.7. The van der Waals surface area contributed by atoms with E-state index in [9.17, 15) is 14.4 Å². The van der Waals surface area contributed by atoms with Gasteiger partial charge in [0.15, 0.2) is 23.2 Å². The first-order valence-corrected chi connectivity index (χ1v) is 21.3. The Kier molecular flexibility index (Phi) is 10.0. The second kappa shape index (κ2) is 15.9. The van der Waals surface area contributed by atoms with Gasteiger partial charge in [-0.2, -0.15) is 10.2 Å². The summed E-state index contributed by atoms with van der Waals surface area (Å²) >= 11 is 0. The monoisotopic (exact) mass is 807 g/mol. The number of fused-ring (bicyclic) bond motifs is 3. The number of hydrogen-bond donors (Lipinski definition) is 2. The van der Waals surface area contributed by atoms with E-state index in [0.717, 1.165) is 118 Å². The molecule has 4 aliphatic rings. The van der Waals surface area contributed by atoms with Crippen molar-refractivity contribution in [3.63, 3.8) is 0 Å². The molecule has 0 saturated carbocycles. The van der Waals surface area contributed by atoms with Gasteiger partial charge in [-0.1, -0.05) is 0 Å². The number of hydrogen-bond acceptors (Lipinski definition) is 12. The zero-order valence-corrected chi connectivity index (χ0v) is 33.9. The number of piperidine rings is 3. The van der Waals surface area contributed by atoms with Crippen molar-refractivity contribution in [2.75, 3.05) is 72.4 Å². The van der Waals surface area contributed by atoms with E-state index in [1.54, 1.807) is 21.7 Å². The molecular weight excluding hydrogens is 759 g/mol. The third kappa shape index (κ3) is 7.16. The fourth-order valence-electron chi connectivity index (χ4n) is 9.69. The molecule has 16 heteroatoms. The highest BCUT2D eigenvalue weighted by molar-refractivity contribution is 6.10. The average molecular weight is 808 g/mol. The first-order valence-electron chi connectivity index (χ1n) is 21.3. The van der Waals surface area contributed by atoms with Crippen LogP contribution in [0.5, 0.6) is 0 Å². The van der Waals surface area contributed by atoms with Gasteiger partial charge in [-0.15, -0.1) is 10.2 Å². The third-order valence-electron chi connectivity index (χ3n) is 13.0. The molecule has 0 spiro atoms. The number of amides is 1. The first kappa shape index (κ1) is 37.8. The fourth-order valence-corrected chi connectivity index (χ4v) is 9.69. The van der Waals surface area contributed by atoms with Crippen molar-refractivity contribution in [1.29, 1.82) is 0 Å². The van der Waals surface area contributed by atoms with E-state index in [1.807, 2.05) is 35.9 Å². The number of anilines is 4. The lowest BCUT2D eigenvalue weighted by atomic mass is 9.94. The highest BCUT2D eigenvalue weighted by atomic mass is 16.1. The van der Waals surface area contributed by atoms with Crippen LogP contribution in [-0.4, -0.2) is 109 Å². The van der Waals surface area contributed by atoms with Gasteiger partial charge in [0.25, 0.3) is 5.91 Å². The number of nitrogens with one attached hydrogen (secondary N) is 2. The molecule has 0 unspecified atom stereocenters. The molecule has 0 radical (unpaired) electrons. The average Bonchev–Trinajstić information content (AvgIpc) is 4.03. The number of benzene rings is 2. The maximum absolute atomic E-state index is 13.7. The Morgan fingerprint density at radius 3 is 2.53 bits per heavy atom. The van der Waals surface area contributed by atoms with Crippen molar-refractivity contribution >= 4 is 68.1 Å². The standard InChI is InChI=1S/C44H49N13O3/c1-51-39-23-34(7-8-35(39)43(50-51)56-21-11-32(27-58)46-41(56)28-59)53-19-9-30(10-20-53)25-52-17-12-33(13-18-52)57-26-31-22-38(40(24-37(31)49-57)54-14-3-2-4-15-54)47-44(60)36-6-5-16-55-29-45-48-42(36)55/h5-8,16,22-24,26,29-30,33,46H,2-4,9-15,17-21,25H2,1H3,(H,47,60). The molecule has 0 atom stereocenters. The summed E-state index contributed by atoms with van der Waals surface area (Å²) in [5, 5.41) is 26.1. The predicted octanol–water partition coefficient (Wildman–Crippen LogP) is 4.95. The molecule has 0 aliphatic carbocycles. The summed E-state index contributed by atoms with van der Waals surface area (Å²) in [5.41, 5.74) is 6.32. The molecule has 4 saturated heterocycles. The summed E-state index contributed by atoms with van der Waals surface area (Å²) < 4.78 is 5.79. The number of likely N-dealkylation sites (tertiary alicyclic amines) is 1. The quantitative estimate of drug-likeness (QED) is 0.200. The normalized spacial score (nSPS) is 18.6. The topological polar surface area (TPSA) is 154 Å². The molecule has 6 aromatic rings. The van der Waals surface area contributed by atoms with Crippen LogP contribution in [0, 0.1) is 5.92 Å². The Morgan fingerprint density at radius 1 is 0.900 bits per heavy atom. The molecule has 2 N–H and O–H groups in total. The Bertz CT molecular complexity index is 2680. The van der Waals surface area contributed by atoms with Crippen molar-refractivity contribution < 1.29 is 14.4 Å². The summed E-state index contributed by atoms with van der Waals surface area (Å²) in [4.78, 5) is 45.9. The number of aryl methyl sites for hydroxylation is 1. The van der Waals surface area contributed by atoms with Gasteiger partial charge in [0, 0.05) is 94.7 Å². The summed E-state index contributed by atoms with van der Waals surface area (Å²) in [6.45, 7) is 7.60. The number of carbonyl (C=O) groups excluding carboxylic acids is 3. The van der Waals surface area contributed by atoms with Crippen LogP contribution in [0.1, 0.15) is 67.8 Å². The Hall–Kier alpha value is -6.47. The maximum Gasteiger partial charge on any atom is 0.259 e. The van der Waals surface area contributed by atoms with E-state index >= 15 is 0 Å². The van der Waals surface area contributed by atoms with Gasteiger partial charge < -0.3 is 30.2 Å². The zero-order valence-electron chi connectivity index (χ0n) is 33.9. The minimum absolute atomic E-state index is 0.184. The molecule has 2 aromatic carbocycles. The lowest BCUT2D eigenvalue weighted by Crippen LogP contribution is -2.42. The molecule has 0 bridgehead atoms. The van der Waals surface area contributed by atoms with E-state index in [-0.39, 0.29) is 11.7 Å². The second-order valence-electron chi connectivity index (χ2n) is 16.7. The molecule has 10 rings (SSSR count). The van der Waals surface area contributed by atoms with Crippen molar-refractivity contribution in [2.45, 2.75) is 57.4 Å². The Balaban J connectivity index is 0.767. The van der Waals surface area contributed by atoms with E-state index in [4.69, 9.17) is 10.2 Å². The van der Waals surface area contributed by atoms with Crippen LogP contribution in [0.2, 0.25) is 0 Å². The minimum Gasteiger partial charge on any atom is -0.371 e. The SMILES string of the molecule is Cn1nc(N2CCC(=C=O)NC2=C=O)c2ccc(N3CCC(CN4CCC(n5cc6cc(NC(=O)c7cccn8cnnc78)c(N7CCCCC7)cc6n5)CC4)CC3)cc21. The Morgan fingerprint density at radius 2 is 1.73 bits per heavy atom. The highest BCUT2D eigenvalue weighted by Crippen LogP contribution is 2.36. The lowest BCUT2D eigenvalue weighted by molar-refractivity contribution is 0.102. The van der Waals surface area contributed by atoms with Crippen molar-refractivity contribution in [3.8, 4) is 0 Å². The van der Waals surface area contributed by atoms with E-state index in [0.29, 0.717) is 47.7 Å². The first-order chi connectivity index (χ1) is 29.4.